The normalized spacial score (nSPS) is 22.1. The Hall–Kier alpha value is -1.20. The summed E-state index contributed by atoms with van der Waals surface area (Å²) in [5, 5.41) is 12.7. The van der Waals surface area contributed by atoms with Gasteiger partial charge in [0.25, 0.3) is 0 Å². The first-order chi connectivity index (χ1) is 10.1. The average molecular weight is 308 g/mol. The Labute approximate surface area is 130 Å². The topological polar surface area (TPSA) is 52.6 Å². The number of hydrogen-bond acceptors (Lipinski definition) is 3. The van der Waals surface area contributed by atoms with E-state index in [1.165, 1.54) is 10.5 Å². The molecule has 1 fully saturated rings. The third kappa shape index (κ3) is 4.93. The molecule has 0 spiro atoms. The van der Waals surface area contributed by atoms with Crippen molar-refractivity contribution in [3.05, 3.63) is 29.8 Å². The van der Waals surface area contributed by atoms with Crippen LogP contribution in [0.1, 0.15) is 18.9 Å². The van der Waals surface area contributed by atoms with E-state index in [2.05, 4.69) is 36.5 Å². The molecular weight excluding hydrogens is 284 g/mol. The van der Waals surface area contributed by atoms with Crippen molar-refractivity contribution in [3.8, 4) is 0 Å². The number of carbonyl (C=O) groups is 1. The van der Waals surface area contributed by atoms with Gasteiger partial charge in [-0.15, -0.1) is 11.8 Å². The summed E-state index contributed by atoms with van der Waals surface area (Å²) < 4.78 is 0. The van der Waals surface area contributed by atoms with Crippen LogP contribution < -0.4 is 5.32 Å². The lowest BCUT2D eigenvalue weighted by molar-refractivity contribution is 0.0437. The van der Waals surface area contributed by atoms with Crippen LogP contribution in [0.3, 0.4) is 0 Å². The van der Waals surface area contributed by atoms with Gasteiger partial charge in [-0.05, 0) is 31.4 Å². The summed E-state index contributed by atoms with van der Waals surface area (Å²) in [5.74, 6) is 1.13. The molecule has 21 heavy (non-hydrogen) atoms. The number of nitrogens with one attached hydrogen (secondary N) is 1. The smallest absolute Gasteiger partial charge is 0.317 e. The van der Waals surface area contributed by atoms with Gasteiger partial charge in [0.15, 0.2) is 0 Å². The van der Waals surface area contributed by atoms with Crippen LogP contribution in [0.5, 0.6) is 0 Å². The molecule has 0 saturated carbocycles. The van der Waals surface area contributed by atoms with Crippen LogP contribution in [0.25, 0.3) is 0 Å². The molecule has 0 aliphatic carbocycles. The summed E-state index contributed by atoms with van der Waals surface area (Å²) in [6.07, 6.45) is 0.471. The van der Waals surface area contributed by atoms with Gasteiger partial charge in [0.1, 0.15) is 0 Å². The molecule has 2 amide bonds. The van der Waals surface area contributed by atoms with E-state index in [0.29, 0.717) is 13.1 Å². The molecule has 5 heteroatoms. The number of nitrogens with zero attached hydrogens (tertiary/aromatic N) is 1. The van der Waals surface area contributed by atoms with Crippen molar-refractivity contribution in [2.75, 3.05) is 25.4 Å². The van der Waals surface area contributed by atoms with E-state index in [9.17, 15) is 9.90 Å². The van der Waals surface area contributed by atoms with Crippen molar-refractivity contribution in [1.29, 1.82) is 0 Å². The molecule has 1 heterocycles. The molecule has 1 aromatic carbocycles. The Morgan fingerprint density at radius 2 is 2.14 bits per heavy atom. The number of amides is 2. The fourth-order valence-electron chi connectivity index (χ4n) is 2.31. The van der Waals surface area contributed by atoms with E-state index >= 15 is 0 Å². The summed E-state index contributed by atoms with van der Waals surface area (Å²) in [5.41, 5.74) is 1.26. The highest BCUT2D eigenvalue weighted by molar-refractivity contribution is 7.99. The Morgan fingerprint density at radius 3 is 2.81 bits per heavy atom. The highest BCUT2D eigenvalue weighted by Gasteiger charge is 2.26. The standard InChI is InChI=1S/C16H24N2O2S/c1-12-3-5-14(6-4-12)21-10-8-17-16(20)18-9-7-13(2)15(19)11-18/h3-6,13,15,19H,7-11H2,1-2H3,(H,17,20). The maximum atomic E-state index is 12.0. The third-order valence-electron chi connectivity index (χ3n) is 3.87. The van der Waals surface area contributed by atoms with Gasteiger partial charge >= 0.3 is 6.03 Å². The van der Waals surface area contributed by atoms with Crippen molar-refractivity contribution in [1.82, 2.24) is 10.2 Å². The van der Waals surface area contributed by atoms with Crippen LogP contribution in [0.4, 0.5) is 4.79 Å². The van der Waals surface area contributed by atoms with Gasteiger partial charge in [0.05, 0.1) is 6.10 Å². The molecule has 116 valence electrons. The van der Waals surface area contributed by atoms with Crippen LogP contribution in [0.2, 0.25) is 0 Å². The van der Waals surface area contributed by atoms with Gasteiger partial charge in [0, 0.05) is 30.3 Å². The summed E-state index contributed by atoms with van der Waals surface area (Å²) in [4.78, 5) is 14.9. The van der Waals surface area contributed by atoms with Crippen molar-refractivity contribution in [3.63, 3.8) is 0 Å². The van der Waals surface area contributed by atoms with E-state index in [0.717, 1.165) is 18.7 Å². The number of aliphatic hydroxyl groups excluding tert-OH is 1. The van der Waals surface area contributed by atoms with E-state index < -0.39 is 6.10 Å². The molecule has 1 aromatic rings. The van der Waals surface area contributed by atoms with Gasteiger partial charge in [-0.3, -0.25) is 0 Å². The van der Waals surface area contributed by atoms with Crippen molar-refractivity contribution < 1.29 is 9.90 Å². The van der Waals surface area contributed by atoms with Crippen molar-refractivity contribution >= 4 is 17.8 Å². The molecule has 0 bridgehead atoms. The van der Waals surface area contributed by atoms with E-state index in [1.54, 1.807) is 16.7 Å². The van der Waals surface area contributed by atoms with Crippen LogP contribution in [0.15, 0.2) is 29.2 Å². The maximum absolute atomic E-state index is 12.0. The van der Waals surface area contributed by atoms with E-state index in [-0.39, 0.29) is 11.9 Å². The number of carbonyl (C=O) groups excluding carboxylic acids is 1. The zero-order chi connectivity index (χ0) is 15.2. The molecule has 2 rings (SSSR count). The van der Waals surface area contributed by atoms with Crippen LogP contribution in [0, 0.1) is 12.8 Å². The number of piperidine rings is 1. The first kappa shape index (κ1) is 16.2. The number of aryl methyl sites for hydroxylation is 1. The molecule has 0 aromatic heterocycles. The first-order valence-electron chi connectivity index (χ1n) is 7.46. The minimum Gasteiger partial charge on any atom is -0.391 e. The lowest BCUT2D eigenvalue weighted by atomic mass is 9.96. The van der Waals surface area contributed by atoms with Gasteiger partial charge in [-0.1, -0.05) is 24.6 Å². The monoisotopic (exact) mass is 308 g/mol. The minimum atomic E-state index is -0.397. The van der Waals surface area contributed by atoms with Crippen LogP contribution in [-0.4, -0.2) is 47.5 Å². The summed E-state index contributed by atoms with van der Waals surface area (Å²) in [6, 6.07) is 8.33. The number of hydrogen-bond donors (Lipinski definition) is 2. The lowest BCUT2D eigenvalue weighted by Crippen LogP contribution is -2.50. The first-order valence-corrected chi connectivity index (χ1v) is 8.45. The second kappa shape index (κ2) is 7.71. The number of urea groups is 1. The van der Waals surface area contributed by atoms with Gasteiger partial charge in [-0.25, -0.2) is 4.79 Å². The molecule has 1 aliphatic heterocycles. The predicted octanol–water partition coefficient (Wildman–Crippen LogP) is 2.50. The van der Waals surface area contributed by atoms with Gasteiger partial charge < -0.3 is 15.3 Å². The number of likely N-dealkylation sites (tertiary alicyclic amines) is 1. The lowest BCUT2D eigenvalue weighted by Gasteiger charge is -2.34. The molecule has 2 unspecified atom stereocenters. The average Bonchev–Trinajstić information content (AvgIpc) is 2.48. The van der Waals surface area contributed by atoms with Crippen molar-refractivity contribution in [2.45, 2.75) is 31.3 Å². The molecule has 2 atom stereocenters. The number of thioether (sulfide) groups is 1. The van der Waals surface area contributed by atoms with E-state index in [1.807, 2.05) is 6.92 Å². The number of aliphatic hydroxyl groups is 1. The minimum absolute atomic E-state index is 0.0644. The third-order valence-corrected chi connectivity index (χ3v) is 4.89. The SMILES string of the molecule is Cc1ccc(SCCNC(=O)N2CCC(C)C(O)C2)cc1. The highest BCUT2D eigenvalue weighted by atomic mass is 32.2. The Bertz CT molecular complexity index is 464. The number of rotatable bonds is 4. The Kier molecular flexibility index (Phi) is 5.94. The predicted molar refractivity (Wildman–Crippen MR) is 86.7 cm³/mol. The summed E-state index contributed by atoms with van der Waals surface area (Å²) >= 11 is 1.74. The zero-order valence-electron chi connectivity index (χ0n) is 12.7. The number of benzene rings is 1. The molecular formula is C16H24N2O2S. The van der Waals surface area contributed by atoms with Crippen LogP contribution in [-0.2, 0) is 0 Å². The molecule has 1 aliphatic rings. The quantitative estimate of drug-likeness (QED) is 0.664. The number of β-amino-alcohol motifs (C(OH)–C–C–N with tert-alkyl or cyclic N) is 1. The zero-order valence-corrected chi connectivity index (χ0v) is 13.5. The van der Waals surface area contributed by atoms with Crippen molar-refractivity contribution in [2.24, 2.45) is 5.92 Å². The Balaban J connectivity index is 1.66. The summed E-state index contributed by atoms with van der Waals surface area (Å²) in [6.45, 7) is 5.91. The second-order valence-electron chi connectivity index (χ2n) is 5.67. The molecule has 2 N–H and O–H groups in total. The molecule has 4 nitrogen and oxygen atoms in total. The largest absolute Gasteiger partial charge is 0.391 e. The second-order valence-corrected chi connectivity index (χ2v) is 6.84. The Morgan fingerprint density at radius 1 is 1.43 bits per heavy atom. The summed E-state index contributed by atoms with van der Waals surface area (Å²) in [7, 11) is 0. The van der Waals surface area contributed by atoms with Crippen LogP contribution >= 0.6 is 11.8 Å². The molecule has 1 saturated heterocycles. The fraction of sp³-hybridized carbons (Fsp3) is 0.562. The van der Waals surface area contributed by atoms with Gasteiger partial charge in [0.2, 0.25) is 0 Å². The van der Waals surface area contributed by atoms with E-state index in [4.69, 9.17) is 0 Å². The highest BCUT2D eigenvalue weighted by Crippen LogP contribution is 2.18. The van der Waals surface area contributed by atoms with Gasteiger partial charge in [-0.2, -0.15) is 0 Å². The molecule has 0 radical (unpaired) electrons. The fourth-order valence-corrected chi connectivity index (χ4v) is 3.07. The maximum Gasteiger partial charge on any atom is 0.317 e.